The van der Waals surface area contributed by atoms with Crippen LogP contribution in [0.3, 0.4) is 0 Å². The summed E-state index contributed by atoms with van der Waals surface area (Å²) in [6.45, 7) is 2.89. The molecule has 3 aromatic rings. The van der Waals surface area contributed by atoms with Crippen LogP contribution in [0, 0.1) is 0 Å². The lowest BCUT2D eigenvalue weighted by molar-refractivity contribution is -0.134. The summed E-state index contributed by atoms with van der Waals surface area (Å²) in [6, 6.07) is 32.1. The van der Waals surface area contributed by atoms with Gasteiger partial charge >= 0.3 is 11.9 Å². The molecule has 0 amide bonds. The Kier molecular flexibility index (Phi) is 9.56. The largest absolute Gasteiger partial charge is 0.478 e. The highest BCUT2D eigenvalue weighted by Gasteiger charge is 2.08. The lowest BCUT2D eigenvalue weighted by Crippen LogP contribution is -2.22. The first-order chi connectivity index (χ1) is 14.5. The summed E-state index contributed by atoms with van der Waals surface area (Å²) in [7, 11) is 0. The van der Waals surface area contributed by atoms with E-state index in [2.05, 4.69) is 95.9 Å². The molecule has 2 N–H and O–H groups in total. The Bertz CT molecular complexity index is 810. The van der Waals surface area contributed by atoms with Crippen LogP contribution in [0.15, 0.2) is 103 Å². The highest BCUT2D eigenvalue weighted by atomic mass is 16.4. The van der Waals surface area contributed by atoms with Crippen molar-refractivity contribution in [1.82, 2.24) is 4.90 Å². The van der Waals surface area contributed by atoms with Gasteiger partial charge in [-0.15, -0.1) is 0 Å². The minimum atomic E-state index is -1.26. The van der Waals surface area contributed by atoms with Gasteiger partial charge in [-0.05, 0) is 16.7 Å². The fraction of sp³-hybridized carbons (Fsp3) is 0.120. The Balaban J connectivity index is 0.000000343. The minimum Gasteiger partial charge on any atom is -0.478 e. The van der Waals surface area contributed by atoms with Crippen LogP contribution in [-0.4, -0.2) is 27.1 Å². The van der Waals surface area contributed by atoms with Gasteiger partial charge in [-0.3, -0.25) is 4.90 Å². The third kappa shape index (κ3) is 9.48. The maximum atomic E-state index is 9.55. The van der Waals surface area contributed by atoms with Crippen molar-refractivity contribution in [1.29, 1.82) is 0 Å². The van der Waals surface area contributed by atoms with Crippen LogP contribution in [0.4, 0.5) is 0 Å². The molecule has 0 unspecified atom stereocenters. The Morgan fingerprint density at radius 1 is 0.567 bits per heavy atom. The van der Waals surface area contributed by atoms with E-state index in [-0.39, 0.29) is 0 Å². The molecular formula is C25H25NO4. The van der Waals surface area contributed by atoms with Crippen molar-refractivity contribution in [2.45, 2.75) is 19.6 Å². The van der Waals surface area contributed by atoms with E-state index in [0.29, 0.717) is 12.2 Å². The average molecular weight is 403 g/mol. The first-order valence-electron chi connectivity index (χ1n) is 9.51. The number of carbonyl (C=O) groups is 2. The fourth-order valence-electron chi connectivity index (χ4n) is 2.84. The van der Waals surface area contributed by atoms with Gasteiger partial charge < -0.3 is 10.2 Å². The summed E-state index contributed by atoms with van der Waals surface area (Å²) < 4.78 is 0. The van der Waals surface area contributed by atoms with Crippen LogP contribution in [-0.2, 0) is 29.2 Å². The van der Waals surface area contributed by atoms with Crippen molar-refractivity contribution in [3.63, 3.8) is 0 Å². The number of benzene rings is 3. The Morgan fingerprint density at radius 3 is 1.07 bits per heavy atom. The molecule has 0 saturated heterocycles. The third-order valence-electron chi connectivity index (χ3n) is 4.12. The van der Waals surface area contributed by atoms with Gasteiger partial charge in [-0.2, -0.15) is 0 Å². The van der Waals surface area contributed by atoms with Crippen LogP contribution in [0.2, 0.25) is 0 Å². The van der Waals surface area contributed by atoms with Crippen molar-refractivity contribution in [2.24, 2.45) is 0 Å². The smallest absolute Gasteiger partial charge is 0.328 e. The van der Waals surface area contributed by atoms with Crippen LogP contribution >= 0.6 is 0 Å². The van der Waals surface area contributed by atoms with Gasteiger partial charge in [-0.25, -0.2) is 9.59 Å². The molecule has 0 saturated carbocycles. The molecule has 154 valence electrons. The molecular weight excluding hydrogens is 378 g/mol. The number of nitrogens with zero attached hydrogens (tertiary/aromatic N) is 1. The highest BCUT2D eigenvalue weighted by Crippen LogP contribution is 2.14. The zero-order valence-electron chi connectivity index (χ0n) is 16.6. The molecule has 0 aliphatic heterocycles. The van der Waals surface area contributed by atoms with E-state index in [1.165, 1.54) is 16.7 Å². The quantitative estimate of drug-likeness (QED) is 0.538. The molecule has 0 spiro atoms. The topological polar surface area (TPSA) is 77.8 Å². The lowest BCUT2D eigenvalue weighted by Gasteiger charge is -2.23. The number of hydrogen-bond donors (Lipinski definition) is 2. The van der Waals surface area contributed by atoms with Gasteiger partial charge in [0.05, 0.1) is 0 Å². The first kappa shape index (κ1) is 22.6. The molecule has 30 heavy (non-hydrogen) atoms. The summed E-state index contributed by atoms with van der Waals surface area (Å²) in [6.07, 6.45) is 1.12. The standard InChI is InChI=1S/C21H21N.C4H4O4/c1-4-10-19(11-5-1)16-22(17-20-12-6-2-7-13-20)18-21-14-8-3-9-15-21;5-3(6)1-2-4(7)8/h1-15H,16-18H2;1-2H,(H,5,6)(H,7,8)/b;2-1-. The van der Waals surface area contributed by atoms with E-state index >= 15 is 0 Å². The second-order valence-corrected chi connectivity index (χ2v) is 6.61. The van der Waals surface area contributed by atoms with E-state index in [9.17, 15) is 9.59 Å². The zero-order chi connectivity index (χ0) is 21.6. The highest BCUT2D eigenvalue weighted by molar-refractivity contribution is 5.89. The maximum absolute atomic E-state index is 9.55. The summed E-state index contributed by atoms with van der Waals surface area (Å²) in [5, 5.41) is 15.6. The molecule has 0 radical (unpaired) electrons. The number of rotatable bonds is 8. The fourth-order valence-corrected chi connectivity index (χ4v) is 2.84. The SMILES string of the molecule is O=C(O)/C=C\C(=O)O.c1ccc(CN(Cc2ccccc2)Cc2ccccc2)cc1. The monoisotopic (exact) mass is 403 g/mol. The van der Waals surface area contributed by atoms with Crippen LogP contribution < -0.4 is 0 Å². The molecule has 3 aromatic carbocycles. The minimum absolute atomic E-state index is 0.558. The number of carboxylic acid groups (broad SMARTS) is 2. The van der Waals surface area contributed by atoms with Gasteiger partial charge in [0.2, 0.25) is 0 Å². The number of carboxylic acids is 2. The molecule has 0 aliphatic rings. The van der Waals surface area contributed by atoms with Crippen molar-refractivity contribution >= 4 is 11.9 Å². The summed E-state index contributed by atoms with van der Waals surface area (Å²) in [5.74, 6) is -2.51. The van der Waals surface area contributed by atoms with E-state index in [1.54, 1.807) is 0 Å². The normalized spacial score (nSPS) is 10.4. The molecule has 0 heterocycles. The van der Waals surface area contributed by atoms with E-state index in [4.69, 9.17) is 10.2 Å². The average Bonchev–Trinajstić information content (AvgIpc) is 2.75. The van der Waals surface area contributed by atoms with E-state index in [1.807, 2.05) is 0 Å². The van der Waals surface area contributed by atoms with E-state index in [0.717, 1.165) is 19.6 Å². The predicted octanol–water partition coefficient (Wildman–Crippen LogP) is 4.60. The zero-order valence-corrected chi connectivity index (χ0v) is 16.6. The number of aliphatic carboxylic acids is 2. The van der Waals surface area contributed by atoms with E-state index < -0.39 is 11.9 Å². The van der Waals surface area contributed by atoms with Crippen molar-refractivity contribution in [3.8, 4) is 0 Å². The molecule has 5 heteroatoms. The third-order valence-corrected chi connectivity index (χ3v) is 4.12. The molecule has 0 aromatic heterocycles. The van der Waals surface area contributed by atoms with Gasteiger partial charge in [0.1, 0.15) is 0 Å². The molecule has 3 rings (SSSR count). The van der Waals surface area contributed by atoms with Gasteiger partial charge in [-0.1, -0.05) is 91.0 Å². The van der Waals surface area contributed by atoms with Gasteiger partial charge in [0.15, 0.2) is 0 Å². The summed E-state index contributed by atoms with van der Waals surface area (Å²) >= 11 is 0. The second-order valence-electron chi connectivity index (χ2n) is 6.61. The summed E-state index contributed by atoms with van der Waals surface area (Å²) in [4.78, 5) is 21.6. The molecule has 0 fully saturated rings. The first-order valence-corrected chi connectivity index (χ1v) is 9.51. The van der Waals surface area contributed by atoms with Crippen molar-refractivity contribution < 1.29 is 19.8 Å². The Morgan fingerprint density at radius 2 is 0.833 bits per heavy atom. The molecule has 0 aliphatic carbocycles. The second kappa shape index (κ2) is 12.7. The summed E-state index contributed by atoms with van der Waals surface area (Å²) in [5.41, 5.74) is 4.07. The van der Waals surface area contributed by atoms with Crippen LogP contribution in [0.5, 0.6) is 0 Å². The van der Waals surface area contributed by atoms with Crippen LogP contribution in [0.1, 0.15) is 16.7 Å². The molecule has 5 nitrogen and oxygen atoms in total. The van der Waals surface area contributed by atoms with Crippen molar-refractivity contribution in [3.05, 3.63) is 120 Å². The van der Waals surface area contributed by atoms with Crippen molar-refractivity contribution in [2.75, 3.05) is 0 Å². The van der Waals surface area contributed by atoms with Gasteiger partial charge in [0.25, 0.3) is 0 Å². The number of hydrogen-bond acceptors (Lipinski definition) is 3. The maximum Gasteiger partial charge on any atom is 0.328 e. The Labute approximate surface area is 176 Å². The lowest BCUT2D eigenvalue weighted by atomic mass is 10.1. The Hall–Kier alpha value is -3.70. The van der Waals surface area contributed by atoms with Gasteiger partial charge in [0, 0.05) is 31.8 Å². The molecule has 0 atom stereocenters. The van der Waals surface area contributed by atoms with Crippen LogP contribution in [0.25, 0.3) is 0 Å². The predicted molar refractivity (Wildman–Crippen MR) is 117 cm³/mol. The molecule has 0 bridgehead atoms.